The summed E-state index contributed by atoms with van der Waals surface area (Å²) in [6.07, 6.45) is 5.58. The van der Waals surface area contributed by atoms with Crippen molar-refractivity contribution in [2.24, 2.45) is 11.3 Å². The molecule has 1 aliphatic carbocycles. The molecule has 0 bridgehead atoms. The summed E-state index contributed by atoms with van der Waals surface area (Å²) in [7, 11) is 2.27. The Balaban J connectivity index is 2.51. The summed E-state index contributed by atoms with van der Waals surface area (Å²) in [5.41, 5.74) is 0.515. The Morgan fingerprint density at radius 2 is 1.73 bits per heavy atom. The molecular weight excluding hydrogens is 202 g/mol. The Labute approximate surface area is 101 Å². The fourth-order valence-electron chi connectivity index (χ4n) is 2.67. The predicted molar refractivity (Wildman–Crippen MR) is 71.7 cm³/mol. The third kappa shape index (κ3) is 3.39. The van der Waals surface area contributed by atoms with E-state index in [1.165, 1.54) is 32.2 Å². The average molecular weight is 229 g/mol. The number of thiol groups is 1. The van der Waals surface area contributed by atoms with E-state index in [1.54, 1.807) is 0 Å². The molecular formula is C13H27NS. The molecule has 0 aromatic carbocycles. The molecule has 1 rings (SSSR count). The molecule has 0 aromatic rings. The quantitative estimate of drug-likeness (QED) is 0.707. The lowest BCUT2D eigenvalue weighted by atomic mass is 9.87. The predicted octanol–water partition coefficient (Wildman–Crippen LogP) is 3.45. The molecule has 1 unspecified atom stereocenters. The van der Waals surface area contributed by atoms with Gasteiger partial charge in [-0.3, -0.25) is 0 Å². The fourth-order valence-corrected chi connectivity index (χ4v) is 3.09. The molecule has 90 valence electrons. The van der Waals surface area contributed by atoms with Gasteiger partial charge in [0.05, 0.1) is 0 Å². The minimum Gasteiger partial charge on any atom is -0.303 e. The third-order valence-corrected chi connectivity index (χ3v) is 4.92. The fraction of sp³-hybridized carbons (Fsp3) is 1.00. The van der Waals surface area contributed by atoms with Crippen molar-refractivity contribution in [3.63, 3.8) is 0 Å². The van der Waals surface area contributed by atoms with Gasteiger partial charge in [-0.15, -0.1) is 0 Å². The van der Waals surface area contributed by atoms with Crippen LogP contribution in [0.2, 0.25) is 0 Å². The van der Waals surface area contributed by atoms with Crippen LogP contribution in [-0.4, -0.2) is 30.3 Å². The monoisotopic (exact) mass is 229 g/mol. The van der Waals surface area contributed by atoms with E-state index in [9.17, 15) is 0 Å². The van der Waals surface area contributed by atoms with Crippen molar-refractivity contribution >= 4 is 12.6 Å². The van der Waals surface area contributed by atoms with E-state index >= 15 is 0 Å². The van der Waals surface area contributed by atoms with E-state index in [1.807, 2.05) is 0 Å². The molecule has 0 radical (unpaired) electrons. The molecule has 0 saturated heterocycles. The van der Waals surface area contributed by atoms with E-state index in [0.29, 0.717) is 11.5 Å². The van der Waals surface area contributed by atoms with Gasteiger partial charge in [0.2, 0.25) is 0 Å². The maximum Gasteiger partial charge on any atom is 0.00871 e. The van der Waals surface area contributed by atoms with Gasteiger partial charge in [0.1, 0.15) is 0 Å². The molecule has 1 atom stereocenters. The first-order valence-electron chi connectivity index (χ1n) is 6.32. The first-order valence-corrected chi connectivity index (χ1v) is 6.95. The molecule has 1 nitrogen and oxygen atoms in total. The normalized spacial score (nSPS) is 22.6. The van der Waals surface area contributed by atoms with Crippen molar-refractivity contribution < 1.29 is 0 Å². The average Bonchev–Trinajstić information content (AvgIpc) is 2.65. The second-order valence-corrected chi connectivity index (χ2v) is 6.08. The lowest BCUT2D eigenvalue weighted by Gasteiger charge is -2.36. The van der Waals surface area contributed by atoms with E-state index in [-0.39, 0.29) is 0 Å². The first kappa shape index (κ1) is 13.4. The van der Waals surface area contributed by atoms with Crippen LogP contribution in [0.5, 0.6) is 0 Å². The number of rotatable bonds is 5. The van der Waals surface area contributed by atoms with Crippen LogP contribution >= 0.6 is 12.6 Å². The van der Waals surface area contributed by atoms with Gasteiger partial charge in [-0.25, -0.2) is 0 Å². The van der Waals surface area contributed by atoms with Gasteiger partial charge in [-0.05, 0) is 43.9 Å². The summed E-state index contributed by atoms with van der Waals surface area (Å²) in [5, 5.41) is 0. The molecule has 2 heteroatoms. The summed E-state index contributed by atoms with van der Waals surface area (Å²) in [6.45, 7) is 8.19. The Morgan fingerprint density at radius 1 is 1.20 bits per heavy atom. The summed E-state index contributed by atoms with van der Waals surface area (Å²) in [4.78, 5) is 2.53. The molecule has 0 spiro atoms. The second kappa shape index (κ2) is 5.58. The summed E-state index contributed by atoms with van der Waals surface area (Å²) in [5.74, 6) is 1.80. The lowest BCUT2D eigenvalue weighted by Crippen LogP contribution is -2.41. The van der Waals surface area contributed by atoms with Crippen molar-refractivity contribution in [1.82, 2.24) is 4.90 Å². The Hall–Kier alpha value is 0.310. The Kier molecular flexibility index (Phi) is 4.98. The number of nitrogens with zero attached hydrogens (tertiary/aromatic N) is 1. The zero-order valence-electron chi connectivity index (χ0n) is 10.8. The zero-order chi connectivity index (χ0) is 11.5. The van der Waals surface area contributed by atoms with Gasteiger partial charge >= 0.3 is 0 Å². The molecule has 0 heterocycles. The molecule has 0 N–H and O–H groups in total. The highest BCUT2D eigenvalue weighted by Gasteiger charge is 2.34. The van der Waals surface area contributed by atoms with Gasteiger partial charge in [0.25, 0.3) is 0 Å². The van der Waals surface area contributed by atoms with Gasteiger partial charge in [-0.2, -0.15) is 12.6 Å². The van der Waals surface area contributed by atoms with Crippen molar-refractivity contribution in [2.45, 2.75) is 52.5 Å². The lowest BCUT2D eigenvalue weighted by molar-refractivity contribution is 0.136. The smallest absolute Gasteiger partial charge is 0.00871 e. The second-order valence-electron chi connectivity index (χ2n) is 5.76. The molecule has 0 amide bonds. The van der Waals surface area contributed by atoms with E-state index in [4.69, 9.17) is 0 Å². The molecule has 0 aliphatic heterocycles. The van der Waals surface area contributed by atoms with Crippen LogP contribution in [0.3, 0.4) is 0 Å². The number of hydrogen-bond acceptors (Lipinski definition) is 2. The van der Waals surface area contributed by atoms with Gasteiger partial charge in [0.15, 0.2) is 0 Å². The molecule has 1 aliphatic rings. The topological polar surface area (TPSA) is 3.24 Å². The van der Waals surface area contributed by atoms with Gasteiger partial charge in [-0.1, -0.05) is 26.7 Å². The molecule has 1 fully saturated rings. The maximum absolute atomic E-state index is 4.57. The molecule has 15 heavy (non-hydrogen) atoms. The zero-order valence-corrected chi connectivity index (χ0v) is 11.7. The van der Waals surface area contributed by atoms with Gasteiger partial charge in [0, 0.05) is 12.6 Å². The van der Waals surface area contributed by atoms with E-state index in [2.05, 4.69) is 45.3 Å². The summed E-state index contributed by atoms with van der Waals surface area (Å²) < 4.78 is 0. The van der Waals surface area contributed by atoms with Crippen molar-refractivity contribution in [1.29, 1.82) is 0 Å². The van der Waals surface area contributed by atoms with Crippen LogP contribution in [0.15, 0.2) is 0 Å². The van der Waals surface area contributed by atoms with Crippen LogP contribution in [0.4, 0.5) is 0 Å². The SMILES string of the molecule is CC(C)C(C)N(C)CC1(CS)CCCC1. The van der Waals surface area contributed by atoms with Crippen LogP contribution in [0.1, 0.15) is 46.5 Å². The van der Waals surface area contributed by atoms with Crippen molar-refractivity contribution in [3.05, 3.63) is 0 Å². The van der Waals surface area contributed by atoms with Crippen molar-refractivity contribution in [3.8, 4) is 0 Å². The van der Waals surface area contributed by atoms with Crippen LogP contribution in [0.25, 0.3) is 0 Å². The van der Waals surface area contributed by atoms with Crippen LogP contribution in [-0.2, 0) is 0 Å². The molecule has 0 aromatic heterocycles. The van der Waals surface area contributed by atoms with Crippen LogP contribution in [0, 0.1) is 11.3 Å². The molecule has 1 saturated carbocycles. The summed E-state index contributed by atoms with van der Waals surface area (Å²) >= 11 is 4.57. The highest BCUT2D eigenvalue weighted by Crippen LogP contribution is 2.39. The minimum atomic E-state index is 0.515. The Bertz CT molecular complexity index is 185. The maximum atomic E-state index is 4.57. The highest BCUT2D eigenvalue weighted by atomic mass is 32.1. The third-order valence-electron chi connectivity index (χ3n) is 4.24. The first-order chi connectivity index (χ1) is 7.01. The standard InChI is InChI=1S/C13H27NS/c1-11(2)12(3)14(4)9-13(10-15)7-5-6-8-13/h11-12,15H,5-10H2,1-4H3. The highest BCUT2D eigenvalue weighted by molar-refractivity contribution is 7.80. The Morgan fingerprint density at radius 3 is 2.13 bits per heavy atom. The van der Waals surface area contributed by atoms with Gasteiger partial charge < -0.3 is 4.90 Å². The van der Waals surface area contributed by atoms with Crippen LogP contribution < -0.4 is 0 Å². The van der Waals surface area contributed by atoms with Crippen molar-refractivity contribution in [2.75, 3.05) is 19.3 Å². The summed E-state index contributed by atoms with van der Waals surface area (Å²) in [6, 6.07) is 0.683. The van der Waals surface area contributed by atoms with E-state index < -0.39 is 0 Å². The minimum absolute atomic E-state index is 0.515. The largest absolute Gasteiger partial charge is 0.303 e. The van der Waals surface area contributed by atoms with E-state index in [0.717, 1.165) is 11.7 Å². The number of hydrogen-bond donors (Lipinski definition) is 1.